The van der Waals surface area contributed by atoms with Crippen LogP contribution in [0.4, 0.5) is 4.39 Å². The molecule has 2 aromatic rings. The molecule has 0 aliphatic carbocycles. The largest absolute Gasteiger partial charge is 0.336 e. The van der Waals surface area contributed by atoms with E-state index in [1.54, 1.807) is 11.0 Å². The summed E-state index contributed by atoms with van der Waals surface area (Å²) in [4.78, 5) is 16.6. The fraction of sp³-hybridized carbons (Fsp3) is 0.278. The maximum absolute atomic E-state index is 13.4. The molecule has 1 aliphatic rings. The molecule has 126 valence electrons. The van der Waals surface area contributed by atoms with Gasteiger partial charge in [0, 0.05) is 42.2 Å². The first-order valence-corrected chi connectivity index (χ1v) is 8.91. The number of hydrogen-bond donors (Lipinski definition) is 0. The Morgan fingerprint density at radius 2 is 1.75 bits per heavy atom. The van der Waals surface area contributed by atoms with Crippen molar-refractivity contribution in [1.29, 1.82) is 0 Å². The summed E-state index contributed by atoms with van der Waals surface area (Å²) in [5.41, 5.74) is 1.58. The number of piperazine rings is 1. The normalized spacial score (nSPS) is 15.5. The summed E-state index contributed by atoms with van der Waals surface area (Å²) in [5, 5.41) is 0.731. The molecule has 0 aromatic heterocycles. The molecule has 0 radical (unpaired) electrons. The van der Waals surface area contributed by atoms with Gasteiger partial charge in [-0.05, 0) is 51.8 Å². The Bertz CT molecular complexity index is 730. The van der Waals surface area contributed by atoms with Gasteiger partial charge in [-0.25, -0.2) is 4.39 Å². The van der Waals surface area contributed by atoms with Crippen molar-refractivity contribution in [2.24, 2.45) is 0 Å². The van der Waals surface area contributed by atoms with E-state index in [1.165, 1.54) is 17.7 Å². The van der Waals surface area contributed by atoms with E-state index < -0.39 is 5.82 Å². The van der Waals surface area contributed by atoms with E-state index in [-0.39, 0.29) is 5.91 Å². The first-order chi connectivity index (χ1) is 11.5. The number of rotatable bonds is 3. The number of benzene rings is 2. The maximum Gasteiger partial charge on any atom is 0.255 e. The zero-order valence-corrected chi connectivity index (χ0v) is 15.4. The molecule has 0 spiro atoms. The fourth-order valence-corrected chi connectivity index (χ4v) is 3.33. The van der Waals surface area contributed by atoms with Crippen molar-refractivity contribution in [1.82, 2.24) is 9.80 Å². The van der Waals surface area contributed by atoms with E-state index in [4.69, 9.17) is 11.6 Å². The third kappa shape index (κ3) is 4.15. The number of carbonyl (C=O) groups is 1. The molecule has 1 heterocycles. The molecule has 0 N–H and O–H groups in total. The number of carbonyl (C=O) groups excluding carboxylic acids is 1. The van der Waals surface area contributed by atoms with Crippen molar-refractivity contribution < 1.29 is 9.18 Å². The lowest BCUT2D eigenvalue weighted by Gasteiger charge is -2.35. The molecule has 24 heavy (non-hydrogen) atoms. The lowest BCUT2D eigenvalue weighted by Crippen LogP contribution is -2.48. The van der Waals surface area contributed by atoms with Crippen molar-refractivity contribution in [3.05, 3.63) is 68.9 Å². The Balaban J connectivity index is 1.59. The lowest BCUT2D eigenvalue weighted by molar-refractivity contribution is 0.0627. The highest BCUT2D eigenvalue weighted by Gasteiger charge is 2.23. The summed E-state index contributed by atoms with van der Waals surface area (Å²) < 4.78 is 14.0. The van der Waals surface area contributed by atoms with E-state index in [2.05, 4.69) is 20.8 Å². The van der Waals surface area contributed by atoms with Crippen molar-refractivity contribution in [2.75, 3.05) is 26.2 Å². The van der Waals surface area contributed by atoms with Crippen LogP contribution in [0.2, 0.25) is 5.02 Å². The molecule has 0 unspecified atom stereocenters. The average Bonchev–Trinajstić information content (AvgIpc) is 2.59. The molecule has 1 amide bonds. The van der Waals surface area contributed by atoms with Gasteiger partial charge in [-0.3, -0.25) is 9.69 Å². The minimum Gasteiger partial charge on any atom is -0.336 e. The highest BCUT2D eigenvalue weighted by atomic mass is 79.9. The van der Waals surface area contributed by atoms with Crippen molar-refractivity contribution >= 4 is 33.4 Å². The third-order valence-corrected chi connectivity index (χ3v) is 5.08. The highest BCUT2D eigenvalue weighted by molar-refractivity contribution is 9.10. The zero-order chi connectivity index (χ0) is 17.1. The zero-order valence-electron chi connectivity index (χ0n) is 13.0. The van der Waals surface area contributed by atoms with Crippen LogP contribution in [-0.4, -0.2) is 41.9 Å². The standard InChI is InChI=1S/C18H17BrClFN2O/c19-17-6-5-15(21)11-16(17)18(24)23-9-7-22(8-10-23)12-13-1-3-14(20)4-2-13/h1-6,11H,7-10,12H2. The second-order valence-electron chi connectivity index (χ2n) is 5.82. The minimum absolute atomic E-state index is 0.132. The van der Waals surface area contributed by atoms with Gasteiger partial charge < -0.3 is 4.90 Å². The Kier molecular flexibility index (Phi) is 5.54. The van der Waals surface area contributed by atoms with Crippen LogP contribution in [-0.2, 0) is 6.54 Å². The van der Waals surface area contributed by atoms with Crippen LogP contribution in [0.5, 0.6) is 0 Å². The van der Waals surface area contributed by atoms with Crippen molar-refractivity contribution in [3.63, 3.8) is 0 Å². The van der Waals surface area contributed by atoms with Crippen LogP contribution in [0.1, 0.15) is 15.9 Å². The van der Waals surface area contributed by atoms with Crippen LogP contribution >= 0.6 is 27.5 Å². The molecule has 1 saturated heterocycles. The summed E-state index contributed by atoms with van der Waals surface area (Å²) in [5.74, 6) is -0.532. The van der Waals surface area contributed by atoms with Gasteiger partial charge in [0.1, 0.15) is 5.82 Å². The van der Waals surface area contributed by atoms with Crippen LogP contribution in [0, 0.1) is 5.82 Å². The summed E-state index contributed by atoms with van der Waals surface area (Å²) >= 11 is 9.23. The maximum atomic E-state index is 13.4. The van der Waals surface area contributed by atoms with Gasteiger partial charge in [0.05, 0.1) is 5.56 Å². The summed E-state index contributed by atoms with van der Waals surface area (Å²) in [6.45, 7) is 3.69. The van der Waals surface area contributed by atoms with Crippen LogP contribution in [0.25, 0.3) is 0 Å². The molecular weight excluding hydrogens is 395 g/mol. The molecule has 6 heteroatoms. The Labute approximate surface area is 154 Å². The predicted octanol–water partition coefficient (Wildman–Crippen LogP) is 4.20. The first kappa shape index (κ1) is 17.4. The van der Waals surface area contributed by atoms with E-state index in [1.807, 2.05) is 24.3 Å². The van der Waals surface area contributed by atoms with Gasteiger partial charge in [-0.15, -0.1) is 0 Å². The Hall–Kier alpha value is -1.43. The minimum atomic E-state index is -0.400. The van der Waals surface area contributed by atoms with Gasteiger partial charge in [0.15, 0.2) is 0 Å². The molecular formula is C18H17BrClFN2O. The van der Waals surface area contributed by atoms with Crippen LogP contribution in [0.3, 0.4) is 0 Å². The molecule has 0 bridgehead atoms. The molecule has 2 aromatic carbocycles. The number of nitrogens with zero attached hydrogens (tertiary/aromatic N) is 2. The Morgan fingerprint density at radius 1 is 1.08 bits per heavy atom. The smallest absolute Gasteiger partial charge is 0.255 e. The molecule has 0 saturated carbocycles. The van der Waals surface area contributed by atoms with Crippen molar-refractivity contribution in [2.45, 2.75) is 6.54 Å². The van der Waals surface area contributed by atoms with Gasteiger partial charge in [0.25, 0.3) is 5.91 Å². The molecule has 3 rings (SSSR count). The molecule has 3 nitrogen and oxygen atoms in total. The number of halogens is 3. The SMILES string of the molecule is O=C(c1cc(F)ccc1Br)N1CCN(Cc2ccc(Cl)cc2)CC1. The average molecular weight is 412 g/mol. The van der Waals surface area contributed by atoms with Crippen molar-refractivity contribution in [3.8, 4) is 0 Å². The van der Waals surface area contributed by atoms with Crippen LogP contribution in [0.15, 0.2) is 46.9 Å². The molecule has 1 fully saturated rings. The summed E-state index contributed by atoms with van der Waals surface area (Å²) in [7, 11) is 0. The number of hydrogen-bond acceptors (Lipinski definition) is 2. The van der Waals surface area contributed by atoms with E-state index in [0.29, 0.717) is 23.1 Å². The summed E-state index contributed by atoms with van der Waals surface area (Å²) in [6.07, 6.45) is 0. The van der Waals surface area contributed by atoms with Gasteiger partial charge in [-0.1, -0.05) is 23.7 Å². The topological polar surface area (TPSA) is 23.6 Å². The quantitative estimate of drug-likeness (QED) is 0.756. The highest BCUT2D eigenvalue weighted by Crippen LogP contribution is 2.21. The Morgan fingerprint density at radius 3 is 2.42 bits per heavy atom. The number of amides is 1. The molecule has 0 atom stereocenters. The molecule has 1 aliphatic heterocycles. The van der Waals surface area contributed by atoms with Gasteiger partial charge in [0.2, 0.25) is 0 Å². The van der Waals surface area contributed by atoms with Gasteiger partial charge >= 0.3 is 0 Å². The van der Waals surface area contributed by atoms with E-state index in [0.717, 1.165) is 24.7 Å². The monoisotopic (exact) mass is 410 g/mol. The van der Waals surface area contributed by atoms with E-state index >= 15 is 0 Å². The van der Waals surface area contributed by atoms with Crippen LogP contribution < -0.4 is 0 Å². The lowest BCUT2D eigenvalue weighted by atomic mass is 10.1. The van der Waals surface area contributed by atoms with Gasteiger partial charge in [-0.2, -0.15) is 0 Å². The predicted molar refractivity (Wildman–Crippen MR) is 96.7 cm³/mol. The third-order valence-electron chi connectivity index (χ3n) is 4.14. The fourth-order valence-electron chi connectivity index (χ4n) is 2.79. The first-order valence-electron chi connectivity index (χ1n) is 7.74. The second-order valence-corrected chi connectivity index (χ2v) is 7.11. The second kappa shape index (κ2) is 7.64. The van der Waals surface area contributed by atoms with E-state index in [9.17, 15) is 9.18 Å². The summed E-state index contributed by atoms with van der Waals surface area (Å²) in [6, 6.07) is 12.0.